The maximum Gasteiger partial charge on any atom is 0.253 e. The second-order valence-corrected chi connectivity index (χ2v) is 8.46. The lowest BCUT2D eigenvalue weighted by Crippen LogP contribution is -2.44. The van der Waals surface area contributed by atoms with Crippen LogP contribution in [0.25, 0.3) is 0 Å². The minimum atomic E-state index is 0.0125. The van der Waals surface area contributed by atoms with Crippen molar-refractivity contribution in [2.45, 2.75) is 39.7 Å². The topological polar surface area (TPSA) is 53.5 Å². The third-order valence-electron chi connectivity index (χ3n) is 6.08. The third-order valence-corrected chi connectivity index (χ3v) is 6.08. The average molecular weight is 377 g/mol. The summed E-state index contributed by atoms with van der Waals surface area (Å²) in [5.74, 6) is 0.330. The predicted molar refractivity (Wildman–Crippen MR) is 108 cm³/mol. The van der Waals surface area contributed by atoms with E-state index in [1.807, 2.05) is 54.1 Å². The summed E-state index contributed by atoms with van der Waals surface area (Å²) < 4.78 is 0. The molecule has 1 aromatic heterocycles. The summed E-state index contributed by atoms with van der Waals surface area (Å²) in [5.41, 5.74) is 4.08. The van der Waals surface area contributed by atoms with Crippen LogP contribution in [0.4, 0.5) is 0 Å². The summed E-state index contributed by atoms with van der Waals surface area (Å²) in [6.45, 7) is 6.90. The number of likely N-dealkylation sites (tertiary alicyclic amines) is 2. The average Bonchev–Trinajstić information content (AvgIpc) is 2.96. The van der Waals surface area contributed by atoms with Crippen LogP contribution in [0.3, 0.4) is 0 Å². The van der Waals surface area contributed by atoms with E-state index in [4.69, 9.17) is 0 Å². The Balaban J connectivity index is 1.39. The van der Waals surface area contributed by atoms with Crippen LogP contribution in [-0.4, -0.2) is 46.2 Å². The molecule has 5 heteroatoms. The van der Waals surface area contributed by atoms with Crippen LogP contribution in [0.1, 0.15) is 46.3 Å². The van der Waals surface area contributed by atoms with E-state index in [1.165, 1.54) is 0 Å². The molecule has 0 atom stereocenters. The van der Waals surface area contributed by atoms with E-state index in [0.29, 0.717) is 13.0 Å². The SMILES string of the molecule is Cc1cc(C)cc(C(=O)N2CCC3(CC2)CC(=O)N(Cc2cccnc2)C3)c1. The van der Waals surface area contributed by atoms with Gasteiger partial charge in [0, 0.05) is 56.0 Å². The molecule has 0 saturated carbocycles. The Bertz CT molecular complexity index is 866. The second kappa shape index (κ2) is 7.38. The first-order valence-electron chi connectivity index (χ1n) is 9.98. The molecule has 0 aliphatic carbocycles. The molecule has 1 aromatic carbocycles. The van der Waals surface area contributed by atoms with Crippen molar-refractivity contribution < 1.29 is 9.59 Å². The molecule has 2 aliphatic heterocycles. The maximum atomic E-state index is 12.9. The second-order valence-electron chi connectivity index (χ2n) is 8.46. The van der Waals surface area contributed by atoms with Crippen molar-refractivity contribution in [2.75, 3.05) is 19.6 Å². The Labute approximate surface area is 166 Å². The van der Waals surface area contributed by atoms with Gasteiger partial charge in [-0.1, -0.05) is 23.3 Å². The van der Waals surface area contributed by atoms with Gasteiger partial charge < -0.3 is 9.80 Å². The van der Waals surface area contributed by atoms with Gasteiger partial charge in [-0.15, -0.1) is 0 Å². The molecular formula is C23H27N3O2. The maximum absolute atomic E-state index is 12.9. The third kappa shape index (κ3) is 3.79. The Morgan fingerprint density at radius 1 is 1.14 bits per heavy atom. The zero-order valence-electron chi connectivity index (χ0n) is 16.6. The van der Waals surface area contributed by atoms with Crippen LogP contribution in [0.5, 0.6) is 0 Å². The van der Waals surface area contributed by atoms with Crippen molar-refractivity contribution in [1.82, 2.24) is 14.8 Å². The van der Waals surface area contributed by atoms with Gasteiger partial charge >= 0.3 is 0 Å². The van der Waals surface area contributed by atoms with Gasteiger partial charge in [-0.25, -0.2) is 0 Å². The van der Waals surface area contributed by atoms with Crippen molar-refractivity contribution in [3.05, 3.63) is 65.0 Å². The number of hydrogen-bond donors (Lipinski definition) is 0. The number of benzene rings is 1. The molecule has 2 saturated heterocycles. The first kappa shape index (κ1) is 18.7. The molecule has 146 valence electrons. The van der Waals surface area contributed by atoms with Gasteiger partial charge in [0.1, 0.15) is 0 Å². The summed E-state index contributed by atoms with van der Waals surface area (Å²) in [7, 11) is 0. The number of carbonyl (C=O) groups is 2. The van der Waals surface area contributed by atoms with Crippen LogP contribution in [0.2, 0.25) is 0 Å². The Kier molecular flexibility index (Phi) is 4.92. The van der Waals surface area contributed by atoms with Gasteiger partial charge in [0.05, 0.1) is 0 Å². The molecule has 3 heterocycles. The number of piperidine rings is 1. The summed E-state index contributed by atoms with van der Waals surface area (Å²) in [5, 5.41) is 0. The van der Waals surface area contributed by atoms with Crippen molar-refractivity contribution in [2.24, 2.45) is 5.41 Å². The van der Waals surface area contributed by atoms with E-state index in [2.05, 4.69) is 11.1 Å². The van der Waals surface area contributed by atoms with E-state index >= 15 is 0 Å². The van der Waals surface area contributed by atoms with Crippen LogP contribution in [0.15, 0.2) is 42.7 Å². The molecular weight excluding hydrogens is 350 g/mol. The monoisotopic (exact) mass is 377 g/mol. The van der Waals surface area contributed by atoms with E-state index in [0.717, 1.165) is 54.7 Å². The molecule has 2 aliphatic rings. The number of nitrogens with zero attached hydrogens (tertiary/aromatic N) is 3. The molecule has 4 rings (SSSR count). The van der Waals surface area contributed by atoms with Crippen LogP contribution >= 0.6 is 0 Å². The predicted octanol–water partition coefficient (Wildman–Crippen LogP) is 3.35. The Morgan fingerprint density at radius 3 is 2.50 bits per heavy atom. The molecule has 0 unspecified atom stereocenters. The fraction of sp³-hybridized carbons (Fsp3) is 0.435. The smallest absolute Gasteiger partial charge is 0.253 e. The van der Waals surface area contributed by atoms with Gasteiger partial charge in [0.25, 0.3) is 5.91 Å². The van der Waals surface area contributed by atoms with E-state index < -0.39 is 0 Å². The molecule has 2 fully saturated rings. The highest BCUT2D eigenvalue weighted by Crippen LogP contribution is 2.41. The number of carbonyl (C=O) groups excluding carboxylic acids is 2. The van der Waals surface area contributed by atoms with E-state index in [-0.39, 0.29) is 17.2 Å². The number of rotatable bonds is 3. The minimum Gasteiger partial charge on any atom is -0.339 e. The fourth-order valence-electron chi connectivity index (χ4n) is 4.64. The van der Waals surface area contributed by atoms with Crippen LogP contribution in [-0.2, 0) is 11.3 Å². The Hall–Kier alpha value is -2.69. The molecule has 0 N–H and O–H groups in total. The molecule has 0 bridgehead atoms. The van der Waals surface area contributed by atoms with E-state index in [1.54, 1.807) is 6.20 Å². The van der Waals surface area contributed by atoms with Crippen LogP contribution < -0.4 is 0 Å². The number of pyridine rings is 1. The summed E-state index contributed by atoms with van der Waals surface area (Å²) >= 11 is 0. The molecule has 1 spiro atoms. The quantitative estimate of drug-likeness (QED) is 0.824. The molecule has 28 heavy (non-hydrogen) atoms. The largest absolute Gasteiger partial charge is 0.339 e. The summed E-state index contributed by atoms with van der Waals surface area (Å²) in [6, 6.07) is 9.94. The summed E-state index contributed by atoms with van der Waals surface area (Å²) in [6.07, 6.45) is 5.94. The van der Waals surface area contributed by atoms with Gasteiger partial charge in [-0.2, -0.15) is 0 Å². The highest BCUT2D eigenvalue weighted by Gasteiger charge is 2.45. The normalized spacial score (nSPS) is 18.7. The van der Waals surface area contributed by atoms with Crippen molar-refractivity contribution in [1.29, 1.82) is 0 Å². The summed E-state index contributed by atoms with van der Waals surface area (Å²) in [4.78, 5) is 33.6. The Morgan fingerprint density at radius 2 is 1.86 bits per heavy atom. The van der Waals surface area contributed by atoms with Crippen molar-refractivity contribution in [3.8, 4) is 0 Å². The zero-order valence-corrected chi connectivity index (χ0v) is 16.6. The van der Waals surface area contributed by atoms with Gasteiger partial charge in [0.15, 0.2) is 0 Å². The first-order chi connectivity index (χ1) is 13.4. The number of aryl methyl sites for hydroxylation is 2. The molecule has 0 radical (unpaired) electrons. The number of hydrogen-bond acceptors (Lipinski definition) is 3. The van der Waals surface area contributed by atoms with Gasteiger partial charge in [0.2, 0.25) is 5.91 Å². The molecule has 2 aromatic rings. The van der Waals surface area contributed by atoms with Gasteiger partial charge in [-0.05, 0) is 50.5 Å². The lowest BCUT2D eigenvalue weighted by molar-refractivity contribution is -0.128. The fourth-order valence-corrected chi connectivity index (χ4v) is 4.64. The molecule has 5 nitrogen and oxygen atoms in total. The minimum absolute atomic E-state index is 0.0125. The van der Waals surface area contributed by atoms with E-state index in [9.17, 15) is 9.59 Å². The highest BCUT2D eigenvalue weighted by molar-refractivity contribution is 5.94. The number of aromatic nitrogens is 1. The van der Waals surface area contributed by atoms with Gasteiger partial charge in [-0.3, -0.25) is 14.6 Å². The van der Waals surface area contributed by atoms with Crippen molar-refractivity contribution in [3.63, 3.8) is 0 Å². The zero-order chi connectivity index (χ0) is 19.7. The lowest BCUT2D eigenvalue weighted by atomic mass is 9.77. The van der Waals surface area contributed by atoms with Crippen molar-refractivity contribution >= 4 is 11.8 Å². The number of amides is 2. The first-order valence-corrected chi connectivity index (χ1v) is 9.98. The standard InChI is InChI=1S/C23H27N3O2/c1-17-10-18(2)12-20(11-17)22(28)25-8-5-23(6-9-25)13-21(27)26(16-23)15-19-4-3-7-24-14-19/h3-4,7,10-12,14H,5-6,8-9,13,15-16H2,1-2H3. The molecule has 2 amide bonds. The van der Waals surface area contributed by atoms with Crippen LogP contribution in [0, 0.1) is 19.3 Å². The lowest BCUT2D eigenvalue weighted by Gasteiger charge is -2.39. The highest BCUT2D eigenvalue weighted by atomic mass is 16.2.